The third-order valence-electron chi connectivity index (χ3n) is 7.74. The van der Waals surface area contributed by atoms with Gasteiger partial charge in [-0.15, -0.1) is 0 Å². The van der Waals surface area contributed by atoms with Gasteiger partial charge in [-0.2, -0.15) is 0 Å². The van der Waals surface area contributed by atoms with E-state index in [-0.39, 0.29) is 5.91 Å². The number of aromatic nitrogens is 5. The Morgan fingerprint density at radius 3 is 2.67 bits per heavy atom. The fraction of sp³-hybridized carbons (Fsp3) is 0.265. The molecule has 6 rings (SSSR count). The molecule has 0 atom stereocenters. The lowest BCUT2D eigenvalue weighted by Crippen LogP contribution is -2.39. The normalized spacial score (nSPS) is 13.4. The summed E-state index contributed by atoms with van der Waals surface area (Å²) in [6, 6.07) is 16.3. The van der Waals surface area contributed by atoms with E-state index in [4.69, 9.17) is 4.74 Å². The first-order valence-electron chi connectivity index (χ1n) is 15.2. The van der Waals surface area contributed by atoms with Crippen LogP contribution >= 0.6 is 0 Å². The van der Waals surface area contributed by atoms with E-state index in [1.807, 2.05) is 56.4 Å². The molecule has 1 aliphatic heterocycles. The maximum absolute atomic E-state index is 13.7. The van der Waals surface area contributed by atoms with E-state index in [2.05, 4.69) is 40.8 Å². The summed E-state index contributed by atoms with van der Waals surface area (Å²) >= 11 is 0. The van der Waals surface area contributed by atoms with Crippen LogP contribution in [0.4, 0.5) is 27.4 Å². The Bertz CT molecular complexity index is 1820. The lowest BCUT2D eigenvalue weighted by Gasteiger charge is -2.26. The van der Waals surface area contributed by atoms with Crippen molar-refractivity contribution in [3.05, 3.63) is 102 Å². The van der Waals surface area contributed by atoms with Crippen LogP contribution in [0.5, 0.6) is 0 Å². The molecule has 46 heavy (non-hydrogen) atoms. The van der Waals surface area contributed by atoms with Crippen LogP contribution in [0.3, 0.4) is 0 Å². The lowest BCUT2D eigenvalue weighted by atomic mass is 10.1. The minimum Gasteiger partial charge on any atom is -0.379 e. The molecule has 12 heteroatoms. The summed E-state index contributed by atoms with van der Waals surface area (Å²) < 4.78 is 20.9. The molecule has 0 aliphatic carbocycles. The highest BCUT2D eigenvalue weighted by Crippen LogP contribution is 2.30. The number of nitrogens with one attached hydrogen (secondary N) is 3. The molecule has 2 aromatic carbocycles. The van der Waals surface area contributed by atoms with Crippen LogP contribution in [0, 0.1) is 13.8 Å². The number of amides is 1. The standard InChI is InChI=1S/C34H36FN9O2/c1-23-5-6-27(41-34(45)26-14-25(19-35)15-28(16-26)44-20-24(2)40-22-44)17-30(23)42-33-29(4-3-7-37-33)31-18-32(39-21-38-31)36-8-9-43-10-12-46-13-11-43/h3-7,14-18,20-22H,8-13,19H2,1-2H3,(H,37,42)(H,41,45)(H,36,38,39). The predicted molar refractivity (Wildman–Crippen MR) is 177 cm³/mol. The van der Waals surface area contributed by atoms with E-state index in [1.165, 1.54) is 0 Å². The van der Waals surface area contributed by atoms with E-state index in [1.54, 1.807) is 41.6 Å². The lowest BCUT2D eigenvalue weighted by molar-refractivity contribution is 0.0398. The van der Waals surface area contributed by atoms with Gasteiger partial charge >= 0.3 is 0 Å². The Morgan fingerprint density at radius 2 is 1.87 bits per heavy atom. The van der Waals surface area contributed by atoms with Gasteiger partial charge in [-0.05, 0) is 67.4 Å². The Kier molecular flexibility index (Phi) is 9.56. The topological polar surface area (TPSA) is 122 Å². The van der Waals surface area contributed by atoms with Crippen molar-refractivity contribution in [3.63, 3.8) is 0 Å². The number of alkyl halides is 1. The van der Waals surface area contributed by atoms with Gasteiger partial charge in [0.25, 0.3) is 5.91 Å². The van der Waals surface area contributed by atoms with Gasteiger partial charge in [-0.1, -0.05) is 6.07 Å². The molecular weight excluding hydrogens is 585 g/mol. The molecule has 1 fully saturated rings. The van der Waals surface area contributed by atoms with E-state index in [9.17, 15) is 9.18 Å². The van der Waals surface area contributed by atoms with E-state index < -0.39 is 6.67 Å². The SMILES string of the molecule is Cc1cn(-c2cc(CF)cc(C(=O)Nc3ccc(C)c(Nc4ncccc4-c4cc(NCCN5CCOCC5)ncn4)c3)c2)cn1. The minimum absolute atomic E-state index is 0.344. The highest BCUT2D eigenvalue weighted by Gasteiger charge is 2.15. The molecule has 0 bridgehead atoms. The number of hydrogen-bond acceptors (Lipinski definition) is 9. The third kappa shape index (κ3) is 7.53. The average molecular weight is 622 g/mol. The van der Waals surface area contributed by atoms with Gasteiger partial charge in [0.2, 0.25) is 0 Å². The number of carbonyl (C=O) groups is 1. The highest BCUT2D eigenvalue weighted by molar-refractivity contribution is 6.05. The third-order valence-corrected chi connectivity index (χ3v) is 7.74. The fourth-order valence-corrected chi connectivity index (χ4v) is 5.24. The molecule has 0 saturated carbocycles. The van der Waals surface area contributed by atoms with Crippen molar-refractivity contribution in [2.75, 3.05) is 55.3 Å². The van der Waals surface area contributed by atoms with Crippen molar-refractivity contribution in [1.82, 2.24) is 29.4 Å². The molecule has 236 valence electrons. The van der Waals surface area contributed by atoms with Gasteiger partial charge in [0.05, 0.1) is 30.9 Å². The molecule has 0 unspecified atom stereocenters. The number of benzene rings is 2. The highest BCUT2D eigenvalue weighted by atomic mass is 19.1. The summed E-state index contributed by atoms with van der Waals surface area (Å²) in [5.41, 5.74) is 6.06. The average Bonchev–Trinajstić information content (AvgIpc) is 3.53. The van der Waals surface area contributed by atoms with Gasteiger partial charge in [0.1, 0.15) is 24.6 Å². The molecule has 5 aromatic rings. The van der Waals surface area contributed by atoms with Crippen LogP contribution in [-0.2, 0) is 11.4 Å². The van der Waals surface area contributed by atoms with E-state index in [0.29, 0.717) is 28.3 Å². The first-order valence-corrected chi connectivity index (χ1v) is 15.2. The van der Waals surface area contributed by atoms with Crippen molar-refractivity contribution in [2.24, 2.45) is 0 Å². The van der Waals surface area contributed by atoms with Crippen LogP contribution in [0.1, 0.15) is 27.2 Å². The molecule has 4 heterocycles. The molecule has 11 nitrogen and oxygen atoms in total. The smallest absolute Gasteiger partial charge is 0.255 e. The predicted octanol–water partition coefficient (Wildman–Crippen LogP) is 5.55. The number of aryl methyl sites for hydroxylation is 2. The second-order valence-electron chi connectivity index (χ2n) is 11.1. The van der Waals surface area contributed by atoms with Crippen molar-refractivity contribution in [3.8, 4) is 16.9 Å². The Labute approximate surface area is 266 Å². The molecule has 1 aliphatic rings. The number of anilines is 4. The summed E-state index contributed by atoms with van der Waals surface area (Å²) in [6.07, 6.45) is 6.73. The maximum atomic E-state index is 13.7. The van der Waals surface area contributed by atoms with Crippen molar-refractivity contribution < 1.29 is 13.9 Å². The molecule has 0 spiro atoms. The zero-order valence-corrected chi connectivity index (χ0v) is 25.8. The first-order chi connectivity index (χ1) is 22.4. The van der Waals surface area contributed by atoms with Crippen LogP contribution in [-0.4, -0.2) is 74.7 Å². The van der Waals surface area contributed by atoms with Gasteiger partial charge in [0, 0.05) is 72.8 Å². The number of imidazole rings is 1. The van der Waals surface area contributed by atoms with Gasteiger partial charge in [0.15, 0.2) is 0 Å². The molecule has 0 radical (unpaired) electrons. The van der Waals surface area contributed by atoms with Crippen LogP contribution in [0.15, 0.2) is 79.6 Å². The van der Waals surface area contributed by atoms with Crippen LogP contribution in [0.25, 0.3) is 16.9 Å². The molecule has 3 aromatic heterocycles. The number of pyridine rings is 1. The Hall–Kier alpha value is -5.20. The molecule has 1 amide bonds. The second-order valence-corrected chi connectivity index (χ2v) is 11.1. The number of morpholine rings is 1. The van der Waals surface area contributed by atoms with Crippen molar-refractivity contribution >= 4 is 28.9 Å². The molecule has 1 saturated heterocycles. The second kappa shape index (κ2) is 14.3. The number of rotatable bonds is 11. The maximum Gasteiger partial charge on any atom is 0.255 e. The Morgan fingerprint density at radius 1 is 1.00 bits per heavy atom. The van der Waals surface area contributed by atoms with Gasteiger partial charge < -0.3 is 25.3 Å². The van der Waals surface area contributed by atoms with Crippen LogP contribution < -0.4 is 16.0 Å². The van der Waals surface area contributed by atoms with E-state index >= 15 is 0 Å². The summed E-state index contributed by atoms with van der Waals surface area (Å²) in [5.74, 6) is 0.997. The number of halogens is 1. The number of carbonyl (C=O) groups excluding carboxylic acids is 1. The monoisotopic (exact) mass is 621 g/mol. The number of ether oxygens (including phenoxy) is 1. The Balaban J connectivity index is 1.18. The summed E-state index contributed by atoms with van der Waals surface area (Å²) in [6.45, 7) is 8.23. The number of nitrogens with zero attached hydrogens (tertiary/aromatic N) is 6. The van der Waals surface area contributed by atoms with E-state index in [0.717, 1.165) is 73.4 Å². The molecule has 3 N–H and O–H groups in total. The van der Waals surface area contributed by atoms with Crippen molar-refractivity contribution in [1.29, 1.82) is 0 Å². The zero-order valence-electron chi connectivity index (χ0n) is 25.8. The van der Waals surface area contributed by atoms with Crippen molar-refractivity contribution in [2.45, 2.75) is 20.5 Å². The summed E-state index contributed by atoms with van der Waals surface area (Å²) in [5, 5.41) is 9.79. The summed E-state index contributed by atoms with van der Waals surface area (Å²) in [7, 11) is 0. The quantitative estimate of drug-likeness (QED) is 0.174. The van der Waals surface area contributed by atoms with Gasteiger partial charge in [-0.3, -0.25) is 9.69 Å². The van der Waals surface area contributed by atoms with Gasteiger partial charge in [-0.25, -0.2) is 24.3 Å². The largest absolute Gasteiger partial charge is 0.379 e. The first kappa shape index (κ1) is 30.8. The zero-order chi connectivity index (χ0) is 31.9. The molecular formula is C34H36FN9O2. The van der Waals surface area contributed by atoms with Crippen LogP contribution in [0.2, 0.25) is 0 Å². The fourth-order valence-electron chi connectivity index (χ4n) is 5.24. The minimum atomic E-state index is -0.689. The number of hydrogen-bond donors (Lipinski definition) is 3. The summed E-state index contributed by atoms with van der Waals surface area (Å²) in [4.78, 5) is 33.5.